The number of para-hydroxylation sites is 1. The quantitative estimate of drug-likeness (QED) is 0.669. The zero-order valence-electron chi connectivity index (χ0n) is 15.9. The molecule has 0 amide bonds. The Kier molecular flexibility index (Phi) is 4.70. The van der Waals surface area contributed by atoms with Crippen molar-refractivity contribution in [2.45, 2.75) is 39.4 Å². The monoisotopic (exact) mass is 376 g/mol. The lowest BCUT2D eigenvalue weighted by atomic mass is 9.96. The molecule has 0 spiro atoms. The molecule has 2 atom stereocenters. The highest BCUT2D eigenvalue weighted by molar-refractivity contribution is 7.80. The number of nitrogens with one attached hydrogen (secondary N) is 1. The summed E-state index contributed by atoms with van der Waals surface area (Å²) in [6.07, 6.45) is 1.84. The van der Waals surface area contributed by atoms with Crippen LogP contribution in [0.2, 0.25) is 0 Å². The Morgan fingerprint density at radius 2 is 1.81 bits per heavy atom. The first kappa shape index (κ1) is 17.7. The molecule has 1 aliphatic heterocycles. The molecule has 3 heterocycles. The van der Waals surface area contributed by atoms with Crippen molar-refractivity contribution in [3.05, 3.63) is 83.4 Å². The predicted molar refractivity (Wildman–Crippen MR) is 114 cm³/mol. The van der Waals surface area contributed by atoms with Gasteiger partial charge in [-0.1, -0.05) is 24.3 Å². The van der Waals surface area contributed by atoms with Gasteiger partial charge in [-0.2, -0.15) is 0 Å². The van der Waals surface area contributed by atoms with Crippen LogP contribution in [0.15, 0.2) is 60.8 Å². The van der Waals surface area contributed by atoms with E-state index >= 15 is 0 Å². The van der Waals surface area contributed by atoms with E-state index < -0.39 is 0 Å². The second-order valence-electron chi connectivity index (χ2n) is 6.90. The molecular formula is C22H24N4S. The number of thiocarbonyl (C=S) groups is 1. The molecule has 1 aliphatic rings. The third-order valence-electron chi connectivity index (χ3n) is 5.38. The lowest BCUT2D eigenvalue weighted by Gasteiger charge is -2.28. The molecule has 1 N–H and O–H groups in total. The first-order chi connectivity index (χ1) is 13.1. The Balaban J connectivity index is 1.88. The van der Waals surface area contributed by atoms with Crippen molar-refractivity contribution in [3.8, 4) is 0 Å². The Labute approximate surface area is 165 Å². The van der Waals surface area contributed by atoms with E-state index in [0.29, 0.717) is 0 Å². The van der Waals surface area contributed by atoms with Gasteiger partial charge in [-0.05, 0) is 68.9 Å². The minimum Gasteiger partial charge on any atom is -0.351 e. The zero-order chi connectivity index (χ0) is 19.0. The van der Waals surface area contributed by atoms with Gasteiger partial charge in [0.05, 0.1) is 17.8 Å². The van der Waals surface area contributed by atoms with Gasteiger partial charge in [0.1, 0.15) is 0 Å². The van der Waals surface area contributed by atoms with Crippen LogP contribution in [0.25, 0.3) is 0 Å². The number of hydrogen-bond acceptors (Lipinski definition) is 2. The summed E-state index contributed by atoms with van der Waals surface area (Å²) in [4.78, 5) is 6.86. The van der Waals surface area contributed by atoms with E-state index in [0.717, 1.165) is 23.0 Å². The Morgan fingerprint density at radius 3 is 2.44 bits per heavy atom. The Bertz CT molecular complexity index is 949. The number of aromatic nitrogens is 2. The van der Waals surface area contributed by atoms with Gasteiger partial charge in [-0.15, -0.1) is 0 Å². The van der Waals surface area contributed by atoms with Crippen LogP contribution >= 0.6 is 12.2 Å². The first-order valence-electron chi connectivity index (χ1n) is 9.34. The molecule has 0 unspecified atom stereocenters. The molecule has 3 aromatic rings. The SMILES string of the molecule is CCn1c(C)cc([C@H]2[C@H](c3ccccn3)NC(=S)N2c2ccccc2)c1C. The van der Waals surface area contributed by atoms with E-state index in [1.54, 1.807) is 0 Å². The molecule has 0 aliphatic carbocycles. The Hall–Kier alpha value is -2.66. The van der Waals surface area contributed by atoms with Crippen LogP contribution in [0.3, 0.4) is 0 Å². The van der Waals surface area contributed by atoms with Crippen molar-refractivity contribution >= 4 is 23.0 Å². The number of pyridine rings is 1. The summed E-state index contributed by atoms with van der Waals surface area (Å²) in [6.45, 7) is 7.52. The number of nitrogens with zero attached hydrogens (tertiary/aromatic N) is 3. The fourth-order valence-corrected chi connectivity index (χ4v) is 4.50. The average Bonchev–Trinajstić information content (AvgIpc) is 3.18. The summed E-state index contributed by atoms with van der Waals surface area (Å²) in [6, 6.07) is 18.8. The summed E-state index contributed by atoms with van der Waals surface area (Å²) in [5, 5.41) is 4.27. The summed E-state index contributed by atoms with van der Waals surface area (Å²) < 4.78 is 2.36. The van der Waals surface area contributed by atoms with Crippen molar-refractivity contribution in [3.63, 3.8) is 0 Å². The van der Waals surface area contributed by atoms with E-state index in [2.05, 4.69) is 76.9 Å². The molecule has 0 bridgehead atoms. The molecular weight excluding hydrogens is 352 g/mol. The largest absolute Gasteiger partial charge is 0.351 e. The molecule has 0 radical (unpaired) electrons. The number of rotatable bonds is 4. The van der Waals surface area contributed by atoms with E-state index in [-0.39, 0.29) is 12.1 Å². The lowest BCUT2D eigenvalue weighted by molar-refractivity contribution is 0.563. The molecule has 138 valence electrons. The molecule has 1 aromatic carbocycles. The van der Waals surface area contributed by atoms with Crippen molar-refractivity contribution in [2.24, 2.45) is 0 Å². The van der Waals surface area contributed by atoms with Gasteiger partial charge in [-0.3, -0.25) is 4.98 Å². The van der Waals surface area contributed by atoms with Crippen LogP contribution in [0.4, 0.5) is 5.69 Å². The van der Waals surface area contributed by atoms with Gasteiger partial charge in [0.25, 0.3) is 0 Å². The summed E-state index contributed by atoms with van der Waals surface area (Å²) in [5.74, 6) is 0. The van der Waals surface area contributed by atoms with Crippen LogP contribution in [0.1, 0.15) is 41.7 Å². The minimum atomic E-state index is 0.00436. The van der Waals surface area contributed by atoms with Gasteiger partial charge in [-0.25, -0.2) is 0 Å². The van der Waals surface area contributed by atoms with E-state index in [9.17, 15) is 0 Å². The summed E-state index contributed by atoms with van der Waals surface area (Å²) in [7, 11) is 0. The number of aryl methyl sites for hydroxylation is 1. The van der Waals surface area contributed by atoms with Crippen LogP contribution in [-0.4, -0.2) is 14.7 Å². The van der Waals surface area contributed by atoms with Gasteiger partial charge < -0.3 is 14.8 Å². The first-order valence-corrected chi connectivity index (χ1v) is 9.75. The maximum Gasteiger partial charge on any atom is 0.174 e. The van der Waals surface area contributed by atoms with Crippen molar-refractivity contribution < 1.29 is 0 Å². The fraction of sp³-hybridized carbons (Fsp3) is 0.273. The molecule has 1 fully saturated rings. The molecule has 2 aromatic heterocycles. The highest BCUT2D eigenvalue weighted by Gasteiger charge is 2.42. The van der Waals surface area contributed by atoms with Gasteiger partial charge in [0, 0.05) is 29.8 Å². The molecule has 4 nitrogen and oxygen atoms in total. The topological polar surface area (TPSA) is 33.1 Å². The normalized spacial score (nSPS) is 19.4. The Morgan fingerprint density at radius 1 is 1.07 bits per heavy atom. The molecule has 0 saturated carbocycles. The summed E-state index contributed by atoms with van der Waals surface area (Å²) >= 11 is 5.77. The van der Waals surface area contributed by atoms with Crippen molar-refractivity contribution in [1.29, 1.82) is 0 Å². The average molecular weight is 377 g/mol. The van der Waals surface area contributed by atoms with Crippen LogP contribution in [-0.2, 0) is 6.54 Å². The molecule has 4 rings (SSSR count). The fourth-order valence-electron chi connectivity index (χ4n) is 4.15. The maximum atomic E-state index is 5.77. The van der Waals surface area contributed by atoms with Crippen molar-refractivity contribution in [2.75, 3.05) is 4.90 Å². The standard InChI is InChI=1S/C22H24N4S/c1-4-25-15(2)14-18(16(25)3)21-20(19-12-8-9-13-23-19)24-22(27)26(21)17-10-6-5-7-11-17/h5-14,20-21H,4H2,1-3H3,(H,24,27)/t20-,21-/m0/s1. The molecule has 27 heavy (non-hydrogen) atoms. The molecule has 1 saturated heterocycles. The van der Waals surface area contributed by atoms with Gasteiger partial charge >= 0.3 is 0 Å². The summed E-state index contributed by atoms with van der Waals surface area (Å²) in [5.41, 5.74) is 5.95. The number of benzene rings is 1. The lowest BCUT2D eigenvalue weighted by Crippen LogP contribution is -2.29. The zero-order valence-corrected chi connectivity index (χ0v) is 16.7. The third kappa shape index (κ3) is 3.02. The van der Waals surface area contributed by atoms with Crippen LogP contribution in [0.5, 0.6) is 0 Å². The van der Waals surface area contributed by atoms with Gasteiger partial charge in [0.15, 0.2) is 5.11 Å². The van der Waals surface area contributed by atoms with Crippen molar-refractivity contribution in [1.82, 2.24) is 14.9 Å². The van der Waals surface area contributed by atoms with Crippen LogP contribution < -0.4 is 10.2 Å². The predicted octanol–water partition coefficient (Wildman–Crippen LogP) is 4.70. The smallest absolute Gasteiger partial charge is 0.174 e. The van der Waals surface area contributed by atoms with E-state index in [4.69, 9.17) is 12.2 Å². The minimum absolute atomic E-state index is 0.00436. The third-order valence-corrected chi connectivity index (χ3v) is 5.69. The number of anilines is 1. The highest BCUT2D eigenvalue weighted by atomic mass is 32.1. The highest BCUT2D eigenvalue weighted by Crippen LogP contribution is 2.43. The second-order valence-corrected chi connectivity index (χ2v) is 7.29. The van der Waals surface area contributed by atoms with E-state index in [1.807, 2.05) is 24.4 Å². The number of hydrogen-bond donors (Lipinski definition) is 1. The second kappa shape index (κ2) is 7.16. The maximum absolute atomic E-state index is 5.77. The van der Waals surface area contributed by atoms with Crippen LogP contribution in [0, 0.1) is 13.8 Å². The molecule has 5 heteroatoms. The van der Waals surface area contributed by atoms with E-state index in [1.165, 1.54) is 17.0 Å². The van der Waals surface area contributed by atoms with Gasteiger partial charge in [0.2, 0.25) is 0 Å².